The van der Waals surface area contributed by atoms with Crippen LogP contribution in [0, 0.1) is 5.92 Å². The lowest BCUT2D eigenvalue weighted by Crippen LogP contribution is -2.46. The van der Waals surface area contributed by atoms with Gasteiger partial charge in [-0.15, -0.1) is 0 Å². The van der Waals surface area contributed by atoms with Gasteiger partial charge in [-0.1, -0.05) is 31.7 Å². The highest BCUT2D eigenvalue weighted by molar-refractivity contribution is 7.71. The van der Waals surface area contributed by atoms with Gasteiger partial charge >= 0.3 is 0 Å². The molecule has 1 aromatic carbocycles. The second kappa shape index (κ2) is 12.4. The maximum atomic E-state index is 13.5. The average molecular weight is 554 g/mol. The first-order valence-corrected chi connectivity index (χ1v) is 15.6. The van der Waals surface area contributed by atoms with Crippen LogP contribution in [0.3, 0.4) is 0 Å². The summed E-state index contributed by atoms with van der Waals surface area (Å²) in [6.07, 6.45) is 11.7. The number of fused-ring (bicyclic) bond motifs is 1. The van der Waals surface area contributed by atoms with E-state index in [0.29, 0.717) is 23.7 Å². The number of aromatic nitrogens is 2. The number of nitrogens with one attached hydrogen (secondary N) is 1. The topological polar surface area (TPSA) is 113 Å². The number of hydrogen-bond acceptors (Lipinski definition) is 7. The fourth-order valence-electron chi connectivity index (χ4n) is 6.39. The van der Waals surface area contributed by atoms with E-state index in [0.717, 1.165) is 56.6 Å². The van der Waals surface area contributed by atoms with Crippen LogP contribution in [0.4, 0.5) is 5.82 Å². The Morgan fingerprint density at radius 1 is 1.08 bits per heavy atom. The quantitative estimate of drug-likeness (QED) is 0.458. The van der Waals surface area contributed by atoms with Gasteiger partial charge in [-0.2, -0.15) is 0 Å². The third kappa shape index (κ3) is 6.77. The Balaban J connectivity index is 1.16. The molecule has 1 aromatic heterocycles. The summed E-state index contributed by atoms with van der Waals surface area (Å²) in [5.74, 6) is 1.68. The van der Waals surface area contributed by atoms with Crippen LogP contribution in [0.1, 0.15) is 91.1 Å². The first-order chi connectivity index (χ1) is 18.9. The minimum atomic E-state index is -2.57. The molecule has 9 nitrogen and oxygen atoms in total. The van der Waals surface area contributed by atoms with Crippen molar-refractivity contribution in [1.82, 2.24) is 20.2 Å². The number of amides is 2. The molecular weight excluding hydrogens is 514 g/mol. The standard InChI is InChI=1S/C29H39N5O4S/c1-33(23-13-16-34(17-14-23)27-12-15-30-26(32-27)19-39(37)38)29(36)22-8-7-21-9-10-25(24(21)18-22)31-28(35)11-6-20-4-2-3-5-20/h7-8,12,15,18,20,23,25,39H,2-6,9-11,13-14,16-17,19H2,1H3,(H,31,35). The molecule has 0 bridgehead atoms. The zero-order valence-electron chi connectivity index (χ0n) is 22.7. The lowest BCUT2D eigenvalue weighted by molar-refractivity contribution is -0.122. The SMILES string of the molecule is CN(C(=O)c1ccc2c(c1)C(NC(=O)CCC1CCCC1)CC2)C1CCN(c2ccnc(C[SH](=O)=O)n2)CC1. The lowest BCUT2D eigenvalue weighted by Gasteiger charge is -2.37. The number of carbonyl (C=O) groups is 2. The number of aryl methyl sites for hydroxylation is 1. The van der Waals surface area contributed by atoms with Crippen LogP contribution in [0.25, 0.3) is 0 Å². The molecule has 5 rings (SSSR count). The number of piperidine rings is 1. The summed E-state index contributed by atoms with van der Waals surface area (Å²) in [6.45, 7) is 1.45. The van der Waals surface area contributed by atoms with Crippen molar-refractivity contribution < 1.29 is 18.0 Å². The monoisotopic (exact) mass is 553 g/mol. The predicted molar refractivity (Wildman–Crippen MR) is 150 cm³/mol. The van der Waals surface area contributed by atoms with Crippen LogP contribution >= 0.6 is 0 Å². The second-order valence-corrected chi connectivity index (χ2v) is 12.2. The number of carbonyl (C=O) groups excluding carboxylic acids is 2. The van der Waals surface area contributed by atoms with Gasteiger partial charge in [0.2, 0.25) is 5.91 Å². The number of benzene rings is 1. The summed E-state index contributed by atoms with van der Waals surface area (Å²) in [4.78, 5) is 38.5. The average Bonchev–Trinajstić information content (AvgIpc) is 3.61. The third-order valence-electron chi connectivity index (χ3n) is 8.68. The van der Waals surface area contributed by atoms with Gasteiger partial charge in [0.05, 0.1) is 6.04 Å². The zero-order chi connectivity index (χ0) is 27.4. The third-order valence-corrected chi connectivity index (χ3v) is 9.22. The summed E-state index contributed by atoms with van der Waals surface area (Å²) < 4.78 is 22.1. The Morgan fingerprint density at radius 2 is 1.85 bits per heavy atom. The fraction of sp³-hybridized carbons (Fsp3) is 0.586. The number of rotatable bonds is 9. The highest BCUT2D eigenvalue weighted by Crippen LogP contribution is 2.33. The molecule has 1 saturated carbocycles. The van der Waals surface area contributed by atoms with E-state index in [9.17, 15) is 18.0 Å². The number of nitrogens with zero attached hydrogens (tertiary/aromatic N) is 4. The van der Waals surface area contributed by atoms with E-state index >= 15 is 0 Å². The van der Waals surface area contributed by atoms with E-state index in [1.165, 1.54) is 31.2 Å². The summed E-state index contributed by atoms with van der Waals surface area (Å²) in [5, 5.41) is 3.24. The molecule has 1 aliphatic heterocycles. The molecule has 2 aliphatic carbocycles. The molecule has 2 heterocycles. The number of anilines is 1. The normalized spacial score (nSPS) is 19.8. The summed E-state index contributed by atoms with van der Waals surface area (Å²) in [7, 11) is -0.707. The molecule has 2 aromatic rings. The molecule has 0 radical (unpaired) electrons. The Labute approximate surface area is 232 Å². The largest absolute Gasteiger partial charge is 0.356 e. The van der Waals surface area contributed by atoms with Crippen molar-refractivity contribution in [2.24, 2.45) is 5.92 Å². The minimum absolute atomic E-state index is 0.00182. The zero-order valence-corrected chi connectivity index (χ0v) is 23.6. The molecule has 0 spiro atoms. The molecule has 10 heteroatoms. The minimum Gasteiger partial charge on any atom is -0.356 e. The molecule has 2 fully saturated rings. The molecule has 3 aliphatic rings. The molecule has 210 valence electrons. The molecule has 1 saturated heterocycles. The van der Waals surface area contributed by atoms with Crippen molar-refractivity contribution in [1.29, 1.82) is 0 Å². The molecule has 2 amide bonds. The molecule has 39 heavy (non-hydrogen) atoms. The van der Waals surface area contributed by atoms with E-state index in [4.69, 9.17) is 0 Å². The Morgan fingerprint density at radius 3 is 2.59 bits per heavy atom. The molecule has 1 atom stereocenters. The van der Waals surface area contributed by atoms with E-state index in [1.54, 1.807) is 12.3 Å². The maximum Gasteiger partial charge on any atom is 0.253 e. The Bertz CT molecular complexity index is 1260. The van der Waals surface area contributed by atoms with Crippen LogP contribution in [0.2, 0.25) is 0 Å². The first-order valence-electron chi connectivity index (χ1n) is 14.3. The highest BCUT2D eigenvalue weighted by atomic mass is 32.2. The summed E-state index contributed by atoms with van der Waals surface area (Å²) in [6, 6.07) is 7.83. The predicted octanol–water partition coefficient (Wildman–Crippen LogP) is 3.40. The van der Waals surface area contributed by atoms with Crippen LogP contribution < -0.4 is 10.2 Å². The summed E-state index contributed by atoms with van der Waals surface area (Å²) >= 11 is 0. The van der Waals surface area contributed by atoms with Crippen molar-refractivity contribution >= 4 is 28.3 Å². The van der Waals surface area contributed by atoms with Crippen molar-refractivity contribution in [3.63, 3.8) is 0 Å². The van der Waals surface area contributed by atoms with Crippen molar-refractivity contribution in [2.75, 3.05) is 25.0 Å². The van der Waals surface area contributed by atoms with Crippen LogP contribution in [-0.2, 0) is 27.7 Å². The summed E-state index contributed by atoms with van der Waals surface area (Å²) in [5.41, 5.74) is 2.96. The van der Waals surface area contributed by atoms with Crippen molar-refractivity contribution in [3.05, 3.63) is 53.0 Å². The van der Waals surface area contributed by atoms with Gasteiger partial charge in [0.25, 0.3) is 5.91 Å². The van der Waals surface area contributed by atoms with E-state index in [-0.39, 0.29) is 29.7 Å². The van der Waals surface area contributed by atoms with Gasteiger partial charge in [-0.25, -0.2) is 18.4 Å². The Kier molecular flexibility index (Phi) is 8.79. The van der Waals surface area contributed by atoms with Crippen LogP contribution in [-0.4, -0.2) is 61.3 Å². The van der Waals surface area contributed by atoms with E-state index in [1.807, 2.05) is 30.1 Å². The lowest BCUT2D eigenvalue weighted by atomic mass is 10.00. The van der Waals surface area contributed by atoms with Crippen molar-refractivity contribution in [2.45, 2.75) is 82.0 Å². The molecule has 1 unspecified atom stereocenters. The van der Waals surface area contributed by atoms with Gasteiger partial charge in [0.15, 0.2) is 0 Å². The highest BCUT2D eigenvalue weighted by Gasteiger charge is 2.29. The van der Waals surface area contributed by atoms with Gasteiger partial charge in [-0.05, 0) is 67.3 Å². The second-order valence-electron chi connectivity index (χ2n) is 11.2. The number of hydrogen-bond donors (Lipinski definition) is 2. The molecule has 1 N–H and O–H groups in total. The van der Waals surface area contributed by atoms with Gasteiger partial charge in [0, 0.05) is 44.4 Å². The fourth-order valence-corrected chi connectivity index (χ4v) is 6.78. The van der Waals surface area contributed by atoms with Crippen molar-refractivity contribution in [3.8, 4) is 0 Å². The van der Waals surface area contributed by atoms with E-state index in [2.05, 4.69) is 20.2 Å². The van der Waals surface area contributed by atoms with Crippen LogP contribution in [0.15, 0.2) is 30.5 Å². The molecular formula is C29H39N5O4S. The van der Waals surface area contributed by atoms with Gasteiger partial charge in [0.1, 0.15) is 28.1 Å². The van der Waals surface area contributed by atoms with Crippen LogP contribution in [0.5, 0.6) is 0 Å². The first kappa shape index (κ1) is 27.6. The smallest absolute Gasteiger partial charge is 0.253 e. The van der Waals surface area contributed by atoms with E-state index < -0.39 is 10.7 Å². The van der Waals surface area contributed by atoms with Gasteiger partial charge < -0.3 is 15.1 Å². The number of thiol groups is 1. The maximum absolute atomic E-state index is 13.5. The Hall–Kier alpha value is -3.01. The van der Waals surface area contributed by atoms with Gasteiger partial charge in [-0.3, -0.25) is 9.59 Å².